The van der Waals surface area contributed by atoms with Crippen LogP contribution >= 0.6 is 12.4 Å². The Morgan fingerprint density at radius 3 is 2.78 bits per heavy atom. The molecule has 0 saturated heterocycles. The number of carbonyl (C=O) groups is 1. The number of amides is 1. The van der Waals surface area contributed by atoms with Gasteiger partial charge in [-0.25, -0.2) is 4.39 Å². The molecule has 0 radical (unpaired) electrons. The van der Waals surface area contributed by atoms with Crippen molar-refractivity contribution in [2.45, 2.75) is 6.54 Å². The minimum absolute atomic E-state index is 0. The molecule has 3 rings (SSSR count). The lowest BCUT2D eigenvalue weighted by atomic mass is 10.1. The Bertz CT molecular complexity index is 911. The van der Waals surface area contributed by atoms with Crippen LogP contribution in [0.3, 0.4) is 0 Å². The van der Waals surface area contributed by atoms with Gasteiger partial charge in [-0.3, -0.25) is 4.79 Å². The summed E-state index contributed by atoms with van der Waals surface area (Å²) in [6.07, 6.45) is 0. The predicted molar refractivity (Wildman–Crippen MR) is 90.1 cm³/mol. The lowest BCUT2D eigenvalue weighted by molar-refractivity contribution is 0.100. The third-order valence-corrected chi connectivity index (χ3v) is 3.37. The molecule has 0 saturated carbocycles. The second-order valence-electron chi connectivity index (χ2n) is 4.99. The minimum atomic E-state index is -0.758. The standard InChI is InChI=1S/C17H15FN2O2.ClH/c1-20-9-10-2-4-11(5-3-10)15-7-12-6-13(18)8-14(17(19)21)16(12)22-15;/h2-8,20H,9H2,1H3,(H2,19,21);1H/i4D;. The van der Waals surface area contributed by atoms with Crippen molar-refractivity contribution in [1.82, 2.24) is 5.32 Å². The fourth-order valence-electron chi connectivity index (χ4n) is 2.36. The largest absolute Gasteiger partial charge is 0.455 e. The van der Waals surface area contributed by atoms with E-state index in [9.17, 15) is 9.18 Å². The number of nitrogens with two attached hydrogens (primary N) is 1. The number of benzene rings is 2. The van der Waals surface area contributed by atoms with Gasteiger partial charge in [0.1, 0.15) is 17.2 Å². The summed E-state index contributed by atoms with van der Waals surface area (Å²) in [4.78, 5) is 11.4. The Morgan fingerprint density at radius 1 is 1.35 bits per heavy atom. The summed E-state index contributed by atoms with van der Waals surface area (Å²) < 4.78 is 27.4. The molecule has 0 aliphatic carbocycles. The number of furan rings is 1. The van der Waals surface area contributed by atoms with E-state index in [1.165, 1.54) is 6.07 Å². The molecule has 0 bridgehead atoms. The van der Waals surface area contributed by atoms with Crippen molar-refractivity contribution in [1.29, 1.82) is 0 Å². The monoisotopic (exact) mass is 335 g/mol. The number of hydrogen-bond acceptors (Lipinski definition) is 3. The van der Waals surface area contributed by atoms with Crippen LogP contribution in [0.5, 0.6) is 0 Å². The average molecular weight is 336 g/mol. The normalized spacial score (nSPS) is 11.1. The molecular weight excluding hydrogens is 319 g/mol. The maximum Gasteiger partial charge on any atom is 0.252 e. The van der Waals surface area contributed by atoms with E-state index in [1.54, 1.807) is 18.2 Å². The Kier molecular flexibility index (Phi) is 4.60. The van der Waals surface area contributed by atoms with E-state index in [4.69, 9.17) is 11.5 Å². The predicted octanol–water partition coefficient (Wildman–Crippen LogP) is 3.48. The van der Waals surface area contributed by atoms with E-state index in [-0.39, 0.29) is 29.6 Å². The van der Waals surface area contributed by atoms with Crippen LogP contribution in [0.25, 0.3) is 22.3 Å². The summed E-state index contributed by atoms with van der Waals surface area (Å²) in [5.74, 6) is -0.922. The Hall–Kier alpha value is -2.37. The minimum Gasteiger partial charge on any atom is -0.455 e. The smallest absolute Gasteiger partial charge is 0.252 e. The molecule has 6 heteroatoms. The van der Waals surface area contributed by atoms with Crippen LogP contribution in [0.4, 0.5) is 4.39 Å². The molecule has 3 N–H and O–H groups in total. The van der Waals surface area contributed by atoms with Crippen LogP contribution < -0.4 is 11.1 Å². The van der Waals surface area contributed by atoms with Gasteiger partial charge >= 0.3 is 0 Å². The van der Waals surface area contributed by atoms with Crippen molar-refractivity contribution in [3.63, 3.8) is 0 Å². The first-order valence-corrected chi connectivity index (χ1v) is 6.77. The van der Waals surface area contributed by atoms with Gasteiger partial charge in [0.25, 0.3) is 5.91 Å². The zero-order valence-corrected chi connectivity index (χ0v) is 13.2. The van der Waals surface area contributed by atoms with Crippen LogP contribution in [0.2, 0.25) is 0 Å². The lowest BCUT2D eigenvalue weighted by Crippen LogP contribution is -2.11. The molecule has 0 fully saturated rings. The maximum atomic E-state index is 13.6. The van der Waals surface area contributed by atoms with Crippen LogP contribution in [0.1, 0.15) is 17.3 Å². The fourth-order valence-corrected chi connectivity index (χ4v) is 2.36. The second-order valence-corrected chi connectivity index (χ2v) is 4.99. The first-order valence-electron chi connectivity index (χ1n) is 7.27. The van der Waals surface area contributed by atoms with Crippen molar-refractivity contribution < 1.29 is 15.0 Å². The molecule has 1 heterocycles. The Balaban J connectivity index is 0.00000208. The van der Waals surface area contributed by atoms with Gasteiger partial charge in [0, 0.05) is 17.5 Å². The summed E-state index contributed by atoms with van der Waals surface area (Å²) in [7, 11) is 1.83. The average Bonchev–Trinajstić information content (AvgIpc) is 2.89. The van der Waals surface area contributed by atoms with E-state index in [0.717, 1.165) is 11.6 Å². The van der Waals surface area contributed by atoms with Gasteiger partial charge in [-0.15, -0.1) is 12.4 Å². The molecule has 4 nitrogen and oxygen atoms in total. The maximum absolute atomic E-state index is 13.6. The van der Waals surface area contributed by atoms with Crippen LogP contribution in [0, 0.1) is 5.82 Å². The van der Waals surface area contributed by atoms with E-state index in [0.29, 0.717) is 23.3 Å². The summed E-state index contributed by atoms with van der Waals surface area (Å²) in [6, 6.07) is 9.60. The molecule has 1 aromatic heterocycles. The van der Waals surface area contributed by atoms with Gasteiger partial charge in [-0.2, -0.15) is 0 Å². The fraction of sp³-hybridized carbons (Fsp3) is 0.118. The van der Waals surface area contributed by atoms with Gasteiger partial charge in [0.05, 0.1) is 6.93 Å². The van der Waals surface area contributed by atoms with E-state index < -0.39 is 11.7 Å². The lowest BCUT2D eigenvalue weighted by Gasteiger charge is -2.01. The molecule has 0 spiro atoms. The molecule has 1 amide bonds. The molecule has 0 aliphatic heterocycles. The topological polar surface area (TPSA) is 68.3 Å². The number of fused-ring (bicyclic) bond motifs is 1. The zero-order valence-electron chi connectivity index (χ0n) is 13.4. The molecular formula is C17H16ClFN2O2. The number of rotatable bonds is 4. The number of carbonyl (C=O) groups excluding carboxylic acids is 1. The molecule has 0 atom stereocenters. The van der Waals surface area contributed by atoms with E-state index in [2.05, 4.69) is 5.32 Å². The van der Waals surface area contributed by atoms with Crippen molar-refractivity contribution >= 4 is 29.3 Å². The first-order chi connectivity index (χ1) is 11.0. The summed E-state index contributed by atoms with van der Waals surface area (Å²) >= 11 is 0. The van der Waals surface area contributed by atoms with Crippen molar-refractivity contribution in [2.75, 3.05) is 7.05 Å². The zero-order chi connectivity index (χ0) is 16.6. The summed E-state index contributed by atoms with van der Waals surface area (Å²) in [5, 5.41) is 3.46. The highest BCUT2D eigenvalue weighted by Gasteiger charge is 2.15. The first kappa shape index (κ1) is 15.5. The second kappa shape index (κ2) is 6.81. The molecule has 0 aliphatic rings. The summed E-state index contributed by atoms with van der Waals surface area (Å²) in [6.45, 7) is 0.656. The van der Waals surface area contributed by atoms with Crippen molar-refractivity contribution in [2.24, 2.45) is 5.73 Å². The highest BCUT2D eigenvalue weighted by atomic mass is 35.5. The quantitative estimate of drug-likeness (QED) is 0.767. The molecule has 23 heavy (non-hydrogen) atoms. The third kappa shape index (κ3) is 3.36. The number of nitrogens with one attached hydrogen (secondary N) is 1. The highest BCUT2D eigenvalue weighted by molar-refractivity contribution is 6.04. The van der Waals surface area contributed by atoms with E-state index in [1.807, 2.05) is 13.1 Å². The highest BCUT2D eigenvalue weighted by Crippen LogP contribution is 2.30. The van der Waals surface area contributed by atoms with Gasteiger partial charge in [0.15, 0.2) is 0 Å². The van der Waals surface area contributed by atoms with Gasteiger partial charge < -0.3 is 15.5 Å². The number of primary amides is 1. The number of hydrogen-bond donors (Lipinski definition) is 2. The molecule has 3 aromatic rings. The van der Waals surface area contributed by atoms with Crippen LogP contribution in [0.15, 0.2) is 46.9 Å². The van der Waals surface area contributed by atoms with Crippen molar-refractivity contribution in [3.05, 3.63) is 59.4 Å². The van der Waals surface area contributed by atoms with Crippen LogP contribution in [-0.2, 0) is 6.54 Å². The summed E-state index contributed by atoms with van der Waals surface area (Å²) in [5.41, 5.74) is 7.03. The molecule has 2 aromatic carbocycles. The van der Waals surface area contributed by atoms with E-state index >= 15 is 0 Å². The Labute approximate surface area is 140 Å². The van der Waals surface area contributed by atoms with Gasteiger partial charge in [-0.1, -0.05) is 24.2 Å². The Morgan fingerprint density at radius 2 is 2.13 bits per heavy atom. The van der Waals surface area contributed by atoms with Crippen LogP contribution in [-0.4, -0.2) is 13.0 Å². The number of halogens is 2. The molecule has 120 valence electrons. The van der Waals surface area contributed by atoms with Crippen molar-refractivity contribution in [3.8, 4) is 11.3 Å². The SMILES string of the molecule is Cl.[2H]c1cc(CNC)ccc1-c1cc2cc(F)cc(C(N)=O)c2o1. The van der Waals surface area contributed by atoms with Gasteiger partial charge in [-0.05, 0) is 30.8 Å². The molecule has 0 unspecified atom stereocenters. The van der Waals surface area contributed by atoms with Gasteiger partial charge in [0.2, 0.25) is 0 Å². The third-order valence-electron chi connectivity index (χ3n) is 3.37.